The summed E-state index contributed by atoms with van der Waals surface area (Å²) in [5.41, 5.74) is 0.851. The molecular weight excluding hydrogens is 318 g/mol. The fourth-order valence-electron chi connectivity index (χ4n) is 2.71. The molecule has 0 spiro atoms. The average molecular weight is 335 g/mol. The van der Waals surface area contributed by atoms with Gasteiger partial charge < -0.3 is 19.5 Å². The van der Waals surface area contributed by atoms with E-state index in [2.05, 4.69) is 0 Å². The standard InChI is InChI=1S/C16H17NO5S/c1-9-11-7-10(21-2)3-4-13(11)23-14(9)15(18)17-5-6-22-8-12(17)16(19)20/h3-4,7,12H,5-6,8H2,1-2H3,(H,19,20)/t12-/m1/s1. The molecule has 1 aliphatic rings. The summed E-state index contributed by atoms with van der Waals surface area (Å²) in [6, 6.07) is 4.72. The number of fused-ring (bicyclic) bond motifs is 1. The summed E-state index contributed by atoms with van der Waals surface area (Å²) in [6.07, 6.45) is 0. The molecule has 1 aromatic heterocycles. The molecular formula is C16H17NO5S. The van der Waals surface area contributed by atoms with Crippen LogP contribution < -0.4 is 4.74 Å². The molecule has 3 rings (SSSR count). The summed E-state index contributed by atoms with van der Waals surface area (Å²) in [5.74, 6) is -0.566. The lowest BCUT2D eigenvalue weighted by atomic mass is 10.1. The Hall–Kier alpha value is -2.12. The number of carbonyl (C=O) groups is 2. The number of carbonyl (C=O) groups excluding carboxylic acids is 1. The fraction of sp³-hybridized carbons (Fsp3) is 0.375. The van der Waals surface area contributed by atoms with Gasteiger partial charge in [-0.15, -0.1) is 11.3 Å². The summed E-state index contributed by atoms with van der Waals surface area (Å²) in [6.45, 7) is 2.54. The zero-order valence-corrected chi connectivity index (χ0v) is 13.7. The highest BCUT2D eigenvalue weighted by Crippen LogP contribution is 2.34. The van der Waals surface area contributed by atoms with Crippen LogP contribution in [0.15, 0.2) is 18.2 Å². The van der Waals surface area contributed by atoms with E-state index >= 15 is 0 Å². The molecule has 23 heavy (non-hydrogen) atoms. The van der Waals surface area contributed by atoms with Crippen molar-refractivity contribution in [3.05, 3.63) is 28.6 Å². The first-order chi connectivity index (χ1) is 11.0. The molecule has 6 nitrogen and oxygen atoms in total. The Morgan fingerprint density at radius 2 is 2.22 bits per heavy atom. The van der Waals surface area contributed by atoms with Gasteiger partial charge in [-0.1, -0.05) is 0 Å². The van der Waals surface area contributed by atoms with Gasteiger partial charge in [-0.25, -0.2) is 4.79 Å². The van der Waals surface area contributed by atoms with Crippen LogP contribution in [0.3, 0.4) is 0 Å². The minimum Gasteiger partial charge on any atom is -0.497 e. The Labute approximate surface area is 137 Å². The Kier molecular flexibility index (Phi) is 4.23. The third-order valence-corrected chi connectivity index (χ3v) is 5.27. The van der Waals surface area contributed by atoms with E-state index in [-0.39, 0.29) is 19.1 Å². The first-order valence-electron chi connectivity index (χ1n) is 7.21. The lowest BCUT2D eigenvalue weighted by Gasteiger charge is -2.32. The van der Waals surface area contributed by atoms with Gasteiger partial charge in [-0.2, -0.15) is 0 Å². The van der Waals surface area contributed by atoms with Crippen LogP contribution in [0.4, 0.5) is 0 Å². The van der Waals surface area contributed by atoms with Crippen LogP contribution >= 0.6 is 11.3 Å². The van der Waals surface area contributed by atoms with E-state index in [0.29, 0.717) is 11.5 Å². The Bertz CT molecular complexity index is 769. The number of ether oxygens (including phenoxy) is 2. The molecule has 1 saturated heterocycles. The van der Waals surface area contributed by atoms with Crippen molar-refractivity contribution in [2.45, 2.75) is 13.0 Å². The second kappa shape index (κ2) is 6.17. The minimum absolute atomic E-state index is 0.0266. The molecule has 2 heterocycles. The van der Waals surface area contributed by atoms with Gasteiger partial charge in [-0.3, -0.25) is 4.79 Å². The maximum atomic E-state index is 12.8. The number of methoxy groups -OCH3 is 1. The molecule has 0 saturated carbocycles. The molecule has 1 N–H and O–H groups in total. The smallest absolute Gasteiger partial charge is 0.328 e. The molecule has 1 aliphatic heterocycles. The summed E-state index contributed by atoms with van der Waals surface area (Å²) < 4.78 is 11.4. The summed E-state index contributed by atoms with van der Waals surface area (Å²) in [4.78, 5) is 26.2. The van der Waals surface area contributed by atoms with E-state index in [4.69, 9.17) is 9.47 Å². The fourth-order valence-corrected chi connectivity index (χ4v) is 3.86. The SMILES string of the molecule is COc1ccc2sc(C(=O)N3CCOC[C@@H]3C(=O)O)c(C)c2c1. The van der Waals surface area contributed by atoms with Crippen LogP contribution in [0.5, 0.6) is 5.75 Å². The molecule has 7 heteroatoms. The number of aliphatic carboxylic acids is 1. The topological polar surface area (TPSA) is 76.1 Å². The molecule has 122 valence electrons. The summed E-state index contributed by atoms with van der Waals surface area (Å²) in [7, 11) is 1.60. The molecule has 1 amide bonds. The third kappa shape index (κ3) is 2.77. The minimum atomic E-state index is -1.04. The van der Waals surface area contributed by atoms with Gasteiger partial charge >= 0.3 is 5.97 Å². The number of hydrogen-bond donors (Lipinski definition) is 1. The van der Waals surface area contributed by atoms with Gasteiger partial charge in [0, 0.05) is 11.2 Å². The molecule has 0 radical (unpaired) electrons. The predicted octanol–water partition coefficient (Wildman–Crippen LogP) is 2.14. The number of benzene rings is 1. The van der Waals surface area contributed by atoms with Crippen LogP contribution in [0.2, 0.25) is 0 Å². The maximum absolute atomic E-state index is 12.8. The first-order valence-corrected chi connectivity index (χ1v) is 8.03. The largest absolute Gasteiger partial charge is 0.497 e. The Balaban J connectivity index is 2.00. The van der Waals surface area contributed by atoms with Gasteiger partial charge in [0.2, 0.25) is 0 Å². The maximum Gasteiger partial charge on any atom is 0.328 e. The van der Waals surface area contributed by atoms with Crippen molar-refractivity contribution < 1.29 is 24.2 Å². The molecule has 0 bridgehead atoms. The highest BCUT2D eigenvalue weighted by atomic mass is 32.1. The van der Waals surface area contributed by atoms with E-state index < -0.39 is 12.0 Å². The van der Waals surface area contributed by atoms with Gasteiger partial charge in [0.15, 0.2) is 6.04 Å². The quantitative estimate of drug-likeness (QED) is 0.930. The Morgan fingerprint density at radius 1 is 1.43 bits per heavy atom. The van der Waals surface area contributed by atoms with Gasteiger partial charge in [0.1, 0.15) is 5.75 Å². The van der Waals surface area contributed by atoms with Crippen molar-refractivity contribution >= 4 is 33.3 Å². The van der Waals surface area contributed by atoms with Crippen molar-refractivity contribution in [2.75, 3.05) is 26.9 Å². The van der Waals surface area contributed by atoms with Gasteiger partial charge in [-0.05, 0) is 36.1 Å². The van der Waals surface area contributed by atoms with Crippen molar-refractivity contribution in [3.63, 3.8) is 0 Å². The van der Waals surface area contributed by atoms with Crippen molar-refractivity contribution in [1.82, 2.24) is 4.90 Å². The van der Waals surface area contributed by atoms with Gasteiger partial charge in [0.25, 0.3) is 5.91 Å². The Morgan fingerprint density at radius 3 is 2.91 bits per heavy atom. The number of aryl methyl sites for hydroxylation is 1. The summed E-state index contributed by atoms with van der Waals surface area (Å²) in [5, 5.41) is 10.3. The number of morpholine rings is 1. The van der Waals surface area contributed by atoms with Crippen LogP contribution in [-0.4, -0.2) is 54.8 Å². The average Bonchev–Trinajstić information content (AvgIpc) is 2.90. The second-order valence-corrected chi connectivity index (χ2v) is 6.40. The highest BCUT2D eigenvalue weighted by Gasteiger charge is 2.34. The van der Waals surface area contributed by atoms with Crippen LogP contribution in [0, 0.1) is 6.92 Å². The molecule has 1 aromatic carbocycles. The zero-order chi connectivity index (χ0) is 16.6. The molecule has 2 aromatic rings. The normalized spacial score (nSPS) is 18.2. The molecule has 0 unspecified atom stereocenters. The number of carboxylic acids is 1. The van der Waals surface area contributed by atoms with E-state index in [1.807, 2.05) is 25.1 Å². The monoisotopic (exact) mass is 335 g/mol. The number of hydrogen-bond acceptors (Lipinski definition) is 5. The first kappa shape index (κ1) is 15.8. The number of amides is 1. The molecule has 0 aliphatic carbocycles. The zero-order valence-electron chi connectivity index (χ0n) is 12.9. The highest BCUT2D eigenvalue weighted by molar-refractivity contribution is 7.21. The lowest BCUT2D eigenvalue weighted by molar-refractivity contribution is -0.147. The predicted molar refractivity (Wildman–Crippen MR) is 86.4 cm³/mol. The number of thiophene rings is 1. The van der Waals surface area contributed by atoms with Crippen LogP contribution in [0.25, 0.3) is 10.1 Å². The number of nitrogens with zero attached hydrogens (tertiary/aromatic N) is 1. The molecule has 1 atom stereocenters. The van der Waals surface area contributed by atoms with E-state index in [1.54, 1.807) is 7.11 Å². The van der Waals surface area contributed by atoms with E-state index in [0.717, 1.165) is 21.4 Å². The van der Waals surface area contributed by atoms with Crippen molar-refractivity contribution in [3.8, 4) is 5.75 Å². The van der Waals surface area contributed by atoms with E-state index in [1.165, 1.54) is 16.2 Å². The van der Waals surface area contributed by atoms with E-state index in [9.17, 15) is 14.7 Å². The number of carboxylic acid groups (broad SMARTS) is 1. The van der Waals surface area contributed by atoms with Gasteiger partial charge in [0.05, 0.1) is 25.2 Å². The molecule has 1 fully saturated rings. The van der Waals surface area contributed by atoms with Crippen LogP contribution in [0.1, 0.15) is 15.2 Å². The second-order valence-electron chi connectivity index (χ2n) is 5.35. The van der Waals surface area contributed by atoms with Crippen LogP contribution in [-0.2, 0) is 9.53 Å². The summed E-state index contributed by atoms with van der Waals surface area (Å²) >= 11 is 1.38. The van der Waals surface area contributed by atoms with Crippen molar-refractivity contribution in [2.24, 2.45) is 0 Å². The number of rotatable bonds is 3. The van der Waals surface area contributed by atoms with Crippen molar-refractivity contribution in [1.29, 1.82) is 0 Å². The third-order valence-electron chi connectivity index (χ3n) is 4.01. The lowest BCUT2D eigenvalue weighted by Crippen LogP contribution is -2.52.